The molecule has 3 aromatic carbocycles. The first-order valence-electron chi connectivity index (χ1n) is 12.0. The maximum Gasteiger partial charge on any atom is 0.229 e. The van der Waals surface area contributed by atoms with Crippen molar-refractivity contribution in [3.05, 3.63) is 78.9 Å². The van der Waals surface area contributed by atoms with Gasteiger partial charge in [-0.05, 0) is 43.2 Å². The highest BCUT2D eigenvalue weighted by atomic mass is 16.2. The number of carbonyl (C=O) groups is 1. The molecule has 0 atom stereocenters. The van der Waals surface area contributed by atoms with Gasteiger partial charge in [0.1, 0.15) is 0 Å². The Morgan fingerprint density at radius 2 is 1.59 bits per heavy atom. The van der Waals surface area contributed by atoms with E-state index in [1.807, 2.05) is 43.4 Å². The van der Waals surface area contributed by atoms with E-state index in [4.69, 9.17) is 0 Å². The summed E-state index contributed by atoms with van der Waals surface area (Å²) in [5.41, 5.74) is 5.54. The standard InChI is InChI=1S/C17H18N4.C11H13NO/c1-2-4-16-15(3-1)17(20-19-16)13-5-7-14(8-6-13)21-11-9-18-10-12-21;1-12(11(13)9-7-8-9)10-5-3-2-4-6-10/h1-8,18H,9-12H2,(H,19,20);2-6,9H,7-8H2,1H3. The quantitative estimate of drug-likeness (QED) is 0.470. The van der Waals surface area contributed by atoms with Gasteiger partial charge in [0.2, 0.25) is 5.91 Å². The highest BCUT2D eigenvalue weighted by molar-refractivity contribution is 5.96. The molecule has 4 aromatic rings. The van der Waals surface area contributed by atoms with Crippen LogP contribution in [0.15, 0.2) is 78.9 Å². The van der Waals surface area contributed by atoms with Crippen LogP contribution < -0.4 is 15.1 Å². The summed E-state index contributed by atoms with van der Waals surface area (Å²) in [5.74, 6) is 0.552. The molecule has 0 spiro atoms. The molecule has 2 fully saturated rings. The Bertz CT molecular complexity index is 1220. The lowest BCUT2D eigenvalue weighted by atomic mass is 10.1. The average Bonchev–Trinajstić information content (AvgIpc) is 3.68. The van der Waals surface area contributed by atoms with Gasteiger partial charge in [-0.2, -0.15) is 5.10 Å². The van der Waals surface area contributed by atoms with Crippen molar-refractivity contribution in [3.63, 3.8) is 0 Å². The molecule has 2 aliphatic rings. The molecule has 1 saturated heterocycles. The Morgan fingerprint density at radius 1 is 0.912 bits per heavy atom. The van der Waals surface area contributed by atoms with Crippen LogP contribution in [0.3, 0.4) is 0 Å². The van der Waals surface area contributed by atoms with Crippen LogP contribution >= 0.6 is 0 Å². The number of rotatable bonds is 4. The summed E-state index contributed by atoms with van der Waals surface area (Å²) in [5, 5.41) is 12.1. The monoisotopic (exact) mass is 453 g/mol. The summed E-state index contributed by atoms with van der Waals surface area (Å²) in [6.45, 7) is 4.27. The van der Waals surface area contributed by atoms with Crippen LogP contribution in [0, 0.1) is 5.92 Å². The minimum absolute atomic E-state index is 0.256. The molecular formula is C28H31N5O. The fourth-order valence-corrected chi connectivity index (χ4v) is 4.32. The Kier molecular flexibility index (Phi) is 6.58. The number of para-hydroxylation sites is 2. The number of nitrogens with one attached hydrogen (secondary N) is 2. The summed E-state index contributed by atoms with van der Waals surface area (Å²) in [7, 11) is 1.84. The van der Waals surface area contributed by atoms with Crippen LogP contribution in [0.25, 0.3) is 22.2 Å². The molecule has 174 valence electrons. The number of piperazine rings is 1. The first-order chi connectivity index (χ1) is 16.7. The molecule has 0 bridgehead atoms. The van der Waals surface area contributed by atoms with E-state index in [9.17, 15) is 4.79 Å². The van der Waals surface area contributed by atoms with E-state index in [2.05, 4.69) is 62.9 Å². The van der Waals surface area contributed by atoms with Crippen molar-refractivity contribution in [2.45, 2.75) is 12.8 Å². The van der Waals surface area contributed by atoms with Crippen molar-refractivity contribution >= 4 is 28.2 Å². The molecule has 1 aliphatic heterocycles. The van der Waals surface area contributed by atoms with Gasteiger partial charge in [0.15, 0.2) is 0 Å². The number of nitrogens with zero attached hydrogens (tertiary/aromatic N) is 3. The number of anilines is 2. The summed E-state index contributed by atoms with van der Waals surface area (Å²) >= 11 is 0. The van der Waals surface area contributed by atoms with E-state index in [0.717, 1.165) is 61.5 Å². The Morgan fingerprint density at radius 3 is 2.29 bits per heavy atom. The van der Waals surface area contributed by atoms with E-state index >= 15 is 0 Å². The number of hydrogen-bond donors (Lipinski definition) is 2. The fourth-order valence-electron chi connectivity index (χ4n) is 4.32. The molecule has 0 unspecified atom stereocenters. The van der Waals surface area contributed by atoms with Crippen molar-refractivity contribution in [2.24, 2.45) is 5.92 Å². The third kappa shape index (κ3) is 4.97. The fraction of sp³-hybridized carbons (Fsp3) is 0.286. The maximum absolute atomic E-state index is 11.6. The van der Waals surface area contributed by atoms with Crippen molar-refractivity contribution in [1.29, 1.82) is 0 Å². The largest absolute Gasteiger partial charge is 0.369 e. The van der Waals surface area contributed by atoms with Crippen molar-refractivity contribution < 1.29 is 4.79 Å². The minimum atomic E-state index is 0.256. The molecule has 6 nitrogen and oxygen atoms in total. The van der Waals surface area contributed by atoms with Crippen LogP contribution in [-0.2, 0) is 4.79 Å². The SMILES string of the molecule is CN(C(=O)C1CC1)c1ccccc1.c1ccc2c(-c3ccc(N4CCNCC4)cc3)n[nH]c2c1. The second-order valence-electron chi connectivity index (χ2n) is 8.91. The van der Waals surface area contributed by atoms with Crippen molar-refractivity contribution in [2.75, 3.05) is 43.0 Å². The molecule has 34 heavy (non-hydrogen) atoms. The summed E-state index contributed by atoms with van der Waals surface area (Å²) in [4.78, 5) is 15.8. The van der Waals surface area contributed by atoms with Crippen molar-refractivity contribution in [3.8, 4) is 11.3 Å². The molecule has 0 radical (unpaired) electrons. The molecule has 1 aliphatic carbocycles. The predicted molar refractivity (Wildman–Crippen MR) is 139 cm³/mol. The first-order valence-corrected chi connectivity index (χ1v) is 12.0. The smallest absolute Gasteiger partial charge is 0.229 e. The zero-order chi connectivity index (χ0) is 23.3. The predicted octanol–water partition coefficient (Wildman–Crippen LogP) is 4.70. The summed E-state index contributed by atoms with van der Waals surface area (Å²) in [6, 6.07) is 26.7. The topological polar surface area (TPSA) is 64.3 Å². The minimum Gasteiger partial charge on any atom is -0.369 e. The Hall–Kier alpha value is -3.64. The number of fused-ring (bicyclic) bond motifs is 1. The molecule has 1 amide bonds. The summed E-state index contributed by atoms with van der Waals surface area (Å²) < 4.78 is 0. The molecule has 2 N–H and O–H groups in total. The van der Waals surface area contributed by atoms with Crippen LogP contribution in [0.4, 0.5) is 11.4 Å². The number of aromatic amines is 1. The average molecular weight is 454 g/mol. The number of benzene rings is 3. The zero-order valence-corrected chi connectivity index (χ0v) is 19.6. The van der Waals surface area contributed by atoms with E-state index in [1.54, 1.807) is 4.90 Å². The van der Waals surface area contributed by atoms with E-state index in [-0.39, 0.29) is 5.91 Å². The number of hydrogen-bond acceptors (Lipinski definition) is 4. The molecule has 1 aromatic heterocycles. The lowest BCUT2D eigenvalue weighted by Gasteiger charge is -2.29. The highest BCUT2D eigenvalue weighted by Crippen LogP contribution is 2.32. The second kappa shape index (κ2) is 10.1. The second-order valence-corrected chi connectivity index (χ2v) is 8.91. The molecule has 1 saturated carbocycles. The third-order valence-electron chi connectivity index (χ3n) is 6.49. The normalized spacial score (nSPS) is 15.5. The van der Waals surface area contributed by atoms with E-state index < -0.39 is 0 Å². The number of aromatic nitrogens is 2. The van der Waals surface area contributed by atoms with Gasteiger partial charge in [0.25, 0.3) is 0 Å². The first kappa shape index (κ1) is 22.2. The van der Waals surface area contributed by atoms with Crippen LogP contribution in [0.2, 0.25) is 0 Å². The molecule has 6 rings (SSSR count). The third-order valence-corrected chi connectivity index (χ3v) is 6.49. The van der Waals surface area contributed by atoms with Gasteiger partial charge >= 0.3 is 0 Å². The lowest BCUT2D eigenvalue weighted by Crippen LogP contribution is -2.43. The van der Waals surface area contributed by atoms with Crippen LogP contribution in [0.1, 0.15) is 12.8 Å². The maximum atomic E-state index is 11.6. The van der Waals surface area contributed by atoms with E-state index in [1.165, 1.54) is 11.1 Å². The van der Waals surface area contributed by atoms with Gasteiger partial charge in [-0.3, -0.25) is 9.89 Å². The van der Waals surface area contributed by atoms with E-state index in [0.29, 0.717) is 5.92 Å². The Balaban J connectivity index is 0.000000159. The van der Waals surface area contributed by atoms with Gasteiger partial charge in [-0.25, -0.2) is 0 Å². The lowest BCUT2D eigenvalue weighted by molar-refractivity contribution is -0.119. The van der Waals surface area contributed by atoms with Gasteiger partial charge in [0.05, 0.1) is 11.2 Å². The Labute approximate surface area is 200 Å². The molecule has 6 heteroatoms. The highest BCUT2D eigenvalue weighted by Gasteiger charge is 2.32. The number of amides is 1. The van der Waals surface area contributed by atoms with Crippen LogP contribution in [-0.4, -0.2) is 49.3 Å². The molecular weight excluding hydrogens is 422 g/mol. The zero-order valence-electron chi connectivity index (χ0n) is 19.6. The van der Waals surface area contributed by atoms with Crippen molar-refractivity contribution in [1.82, 2.24) is 15.5 Å². The van der Waals surface area contributed by atoms with Gasteiger partial charge in [-0.15, -0.1) is 0 Å². The number of H-pyrrole nitrogens is 1. The van der Waals surface area contributed by atoms with Gasteiger partial charge in [-0.1, -0.05) is 48.5 Å². The summed E-state index contributed by atoms with van der Waals surface area (Å²) in [6.07, 6.45) is 2.13. The van der Waals surface area contributed by atoms with Gasteiger partial charge in [0, 0.05) is 61.5 Å². The van der Waals surface area contributed by atoms with Crippen LogP contribution in [0.5, 0.6) is 0 Å². The number of carbonyl (C=O) groups excluding carboxylic acids is 1. The molecule has 2 heterocycles. The van der Waals surface area contributed by atoms with Gasteiger partial charge < -0.3 is 15.1 Å².